The molecular weight excluding hydrogens is 464 g/mol. The van der Waals surface area contributed by atoms with Crippen molar-refractivity contribution in [1.29, 1.82) is 0 Å². The van der Waals surface area contributed by atoms with Gasteiger partial charge in [-0.05, 0) is 106 Å². The Balaban J connectivity index is 1.34. The SMILES string of the molecule is Cc1cc(OCCCOC2CC(C)(C)NC(C)(C)C2)cc(OCCCOC2CC(C)(C)NC(C)(C)C2)c1. The van der Waals surface area contributed by atoms with E-state index in [1.807, 2.05) is 6.07 Å². The maximum Gasteiger partial charge on any atom is 0.123 e. The average Bonchev–Trinajstić information content (AvgIpc) is 2.68. The Morgan fingerprint density at radius 2 is 0.946 bits per heavy atom. The Kier molecular flexibility index (Phi) is 9.99. The molecule has 0 saturated carbocycles. The Morgan fingerprint density at radius 1 is 0.595 bits per heavy atom. The molecule has 2 aliphatic heterocycles. The highest BCUT2D eigenvalue weighted by molar-refractivity contribution is 5.37. The molecule has 2 N–H and O–H groups in total. The van der Waals surface area contributed by atoms with Crippen LogP contribution in [0.4, 0.5) is 0 Å². The summed E-state index contributed by atoms with van der Waals surface area (Å²) in [6.45, 7) is 22.8. The van der Waals surface area contributed by atoms with Gasteiger partial charge in [0.05, 0.1) is 38.6 Å². The number of nitrogens with one attached hydrogen (secondary N) is 2. The van der Waals surface area contributed by atoms with Crippen LogP contribution in [0, 0.1) is 6.92 Å². The van der Waals surface area contributed by atoms with Gasteiger partial charge in [0.1, 0.15) is 11.5 Å². The molecule has 1 aromatic carbocycles. The Morgan fingerprint density at radius 3 is 1.30 bits per heavy atom. The van der Waals surface area contributed by atoms with E-state index in [0.717, 1.165) is 68.8 Å². The van der Waals surface area contributed by atoms with E-state index in [2.05, 4.69) is 85.1 Å². The van der Waals surface area contributed by atoms with Crippen molar-refractivity contribution >= 4 is 0 Å². The lowest BCUT2D eigenvalue weighted by Crippen LogP contribution is -2.59. The lowest BCUT2D eigenvalue weighted by atomic mass is 9.81. The summed E-state index contributed by atoms with van der Waals surface area (Å²) in [7, 11) is 0. The van der Waals surface area contributed by atoms with Crippen LogP contribution >= 0.6 is 0 Å². The van der Waals surface area contributed by atoms with Gasteiger partial charge in [-0.25, -0.2) is 0 Å². The van der Waals surface area contributed by atoms with E-state index in [9.17, 15) is 0 Å². The zero-order valence-corrected chi connectivity index (χ0v) is 25.1. The second-order valence-corrected chi connectivity index (χ2v) is 14.0. The van der Waals surface area contributed by atoms with Crippen LogP contribution in [0.3, 0.4) is 0 Å². The highest BCUT2D eigenvalue weighted by atomic mass is 16.5. The largest absolute Gasteiger partial charge is 0.493 e. The molecule has 0 aromatic heterocycles. The first-order chi connectivity index (χ1) is 17.1. The van der Waals surface area contributed by atoms with Crippen LogP contribution in [0.2, 0.25) is 0 Å². The summed E-state index contributed by atoms with van der Waals surface area (Å²) in [6, 6.07) is 6.12. The quantitative estimate of drug-likeness (QED) is 0.322. The maximum absolute atomic E-state index is 6.22. The molecule has 0 radical (unpaired) electrons. The number of ether oxygens (including phenoxy) is 4. The van der Waals surface area contributed by atoms with Crippen LogP contribution in [0.15, 0.2) is 18.2 Å². The molecule has 0 amide bonds. The molecule has 2 aliphatic rings. The predicted molar refractivity (Wildman–Crippen MR) is 152 cm³/mol. The second kappa shape index (κ2) is 12.2. The Hall–Kier alpha value is -1.34. The minimum Gasteiger partial charge on any atom is -0.493 e. The molecule has 2 heterocycles. The van der Waals surface area contributed by atoms with E-state index >= 15 is 0 Å². The fraction of sp³-hybridized carbons (Fsp3) is 0.806. The standard InChI is InChI=1S/C31H54N2O4/c1-23-16-24(34-12-10-14-36-26-19-28(2,3)32-29(4,5)20-26)18-25(17-23)35-13-11-15-37-27-21-30(6,7)33-31(8,9)22-27/h16-18,26-27,32-33H,10-15,19-22H2,1-9H3. The number of hydrogen-bond acceptors (Lipinski definition) is 6. The first-order valence-corrected chi connectivity index (χ1v) is 14.3. The third-order valence-electron chi connectivity index (χ3n) is 7.15. The predicted octanol–water partition coefficient (Wildman–Crippen LogP) is 6.18. The molecule has 0 atom stereocenters. The molecule has 6 heteroatoms. The lowest BCUT2D eigenvalue weighted by Gasteiger charge is -2.46. The van der Waals surface area contributed by atoms with Gasteiger partial charge < -0.3 is 29.6 Å². The van der Waals surface area contributed by atoms with Gasteiger partial charge in [0.2, 0.25) is 0 Å². The Bertz CT molecular complexity index is 767. The highest BCUT2D eigenvalue weighted by Crippen LogP contribution is 2.31. The van der Waals surface area contributed by atoms with E-state index in [0.29, 0.717) is 25.4 Å². The molecule has 2 saturated heterocycles. The minimum absolute atomic E-state index is 0.105. The van der Waals surface area contributed by atoms with Gasteiger partial charge in [0.15, 0.2) is 0 Å². The third-order valence-corrected chi connectivity index (χ3v) is 7.15. The summed E-state index contributed by atoms with van der Waals surface area (Å²) in [5, 5.41) is 7.42. The van der Waals surface area contributed by atoms with Gasteiger partial charge >= 0.3 is 0 Å². The van der Waals surface area contributed by atoms with Crippen molar-refractivity contribution in [2.45, 2.75) is 135 Å². The molecule has 0 unspecified atom stereocenters. The topological polar surface area (TPSA) is 61.0 Å². The van der Waals surface area contributed by atoms with Crippen LogP contribution in [-0.4, -0.2) is 60.8 Å². The van der Waals surface area contributed by atoms with Gasteiger partial charge in [-0.3, -0.25) is 0 Å². The molecule has 6 nitrogen and oxygen atoms in total. The number of rotatable bonds is 12. The number of hydrogen-bond donors (Lipinski definition) is 2. The molecule has 0 spiro atoms. The van der Waals surface area contributed by atoms with Crippen LogP contribution in [0.25, 0.3) is 0 Å². The van der Waals surface area contributed by atoms with Gasteiger partial charge in [0, 0.05) is 41.1 Å². The fourth-order valence-corrected chi connectivity index (χ4v) is 6.57. The summed E-state index contributed by atoms with van der Waals surface area (Å²) in [4.78, 5) is 0. The fourth-order valence-electron chi connectivity index (χ4n) is 6.57. The van der Waals surface area contributed by atoms with Gasteiger partial charge in [-0.1, -0.05) is 0 Å². The van der Waals surface area contributed by atoms with E-state index in [-0.39, 0.29) is 22.2 Å². The van der Waals surface area contributed by atoms with Crippen LogP contribution in [0.5, 0.6) is 11.5 Å². The van der Waals surface area contributed by atoms with Crippen molar-refractivity contribution in [3.8, 4) is 11.5 Å². The average molecular weight is 519 g/mol. The minimum atomic E-state index is 0.105. The summed E-state index contributed by atoms with van der Waals surface area (Å²) in [5.41, 5.74) is 1.56. The summed E-state index contributed by atoms with van der Waals surface area (Å²) in [5.74, 6) is 1.71. The number of benzene rings is 1. The lowest BCUT2D eigenvalue weighted by molar-refractivity contribution is -0.0250. The smallest absolute Gasteiger partial charge is 0.123 e. The van der Waals surface area contributed by atoms with Crippen molar-refractivity contribution in [3.63, 3.8) is 0 Å². The molecule has 1 aromatic rings. The molecule has 2 fully saturated rings. The third kappa shape index (κ3) is 10.7. The van der Waals surface area contributed by atoms with Crippen LogP contribution in [-0.2, 0) is 9.47 Å². The zero-order valence-electron chi connectivity index (χ0n) is 25.1. The first kappa shape index (κ1) is 30.2. The molecule has 3 rings (SSSR count). The molecule has 212 valence electrons. The van der Waals surface area contributed by atoms with Crippen LogP contribution in [0.1, 0.15) is 99.5 Å². The molecular formula is C31H54N2O4. The van der Waals surface area contributed by atoms with E-state index in [4.69, 9.17) is 18.9 Å². The first-order valence-electron chi connectivity index (χ1n) is 14.3. The number of aryl methyl sites for hydroxylation is 1. The van der Waals surface area contributed by atoms with Crippen LogP contribution < -0.4 is 20.1 Å². The van der Waals surface area contributed by atoms with E-state index < -0.39 is 0 Å². The van der Waals surface area contributed by atoms with E-state index in [1.54, 1.807) is 0 Å². The molecule has 37 heavy (non-hydrogen) atoms. The summed E-state index contributed by atoms with van der Waals surface area (Å²) in [6.07, 6.45) is 6.48. The zero-order chi connectivity index (χ0) is 27.3. The summed E-state index contributed by atoms with van der Waals surface area (Å²) >= 11 is 0. The maximum atomic E-state index is 6.22. The monoisotopic (exact) mass is 518 g/mol. The highest BCUT2D eigenvalue weighted by Gasteiger charge is 2.39. The normalized spacial score (nSPS) is 23.1. The summed E-state index contributed by atoms with van der Waals surface area (Å²) < 4.78 is 24.5. The van der Waals surface area contributed by atoms with Crippen molar-refractivity contribution in [3.05, 3.63) is 23.8 Å². The van der Waals surface area contributed by atoms with Gasteiger partial charge in [0.25, 0.3) is 0 Å². The van der Waals surface area contributed by atoms with Gasteiger partial charge in [-0.15, -0.1) is 0 Å². The Labute approximate surface area is 226 Å². The van der Waals surface area contributed by atoms with Crippen molar-refractivity contribution < 1.29 is 18.9 Å². The van der Waals surface area contributed by atoms with Crippen molar-refractivity contribution in [2.24, 2.45) is 0 Å². The van der Waals surface area contributed by atoms with Gasteiger partial charge in [-0.2, -0.15) is 0 Å². The van der Waals surface area contributed by atoms with Crippen molar-refractivity contribution in [1.82, 2.24) is 10.6 Å². The molecule has 0 aliphatic carbocycles. The second-order valence-electron chi connectivity index (χ2n) is 14.0. The number of piperidine rings is 2. The van der Waals surface area contributed by atoms with E-state index in [1.165, 1.54) is 0 Å². The van der Waals surface area contributed by atoms with Crippen molar-refractivity contribution in [2.75, 3.05) is 26.4 Å². The molecule has 0 bridgehead atoms.